The summed E-state index contributed by atoms with van der Waals surface area (Å²) in [7, 11) is 4.95. The number of carbonyl (C=O) groups is 5. The van der Waals surface area contributed by atoms with Crippen molar-refractivity contribution in [3.05, 3.63) is 48.2 Å². The van der Waals surface area contributed by atoms with Crippen molar-refractivity contribution in [3.8, 4) is 11.1 Å². The monoisotopic (exact) mass is 715 g/mol. The van der Waals surface area contributed by atoms with Crippen molar-refractivity contribution in [2.45, 2.75) is 64.2 Å². The number of esters is 1. The topological polar surface area (TPSA) is 176 Å². The molecule has 0 spiro atoms. The number of methoxy groups -OCH3 is 1. The number of carbonyl (C=O) groups excluding carboxylic acids is 5. The molecule has 13 heteroatoms. The minimum Gasteiger partial charge on any atom is -0.468 e. The van der Waals surface area contributed by atoms with E-state index < -0.39 is 0 Å². The Morgan fingerprint density at radius 1 is 1.00 bits per heavy atom. The van der Waals surface area contributed by atoms with Crippen LogP contribution in [0.5, 0.6) is 0 Å². The number of aldehydes is 1. The number of hydrogen-bond donors (Lipinski definition) is 4. The van der Waals surface area contributed by atoms with Crippen LogP contribution >= 0.6 is 0 Å². The van der Waals surface area contributed by atoms with Crippen LogP contribution in [-0.2, 0) is 35.8 Å². The van der Waals surface area contributed by atoms with Gasteiger partial charge in [-0.1, -0.05) is 56.4 Å². The number of Topliss-reactive ketones (excluding diaryl/α,β-unsaturated/α-hetero) is 1. The molecule has 0 atom stereocenters. The van der Waals surface area contributed by atoms with Gasteiger partial charge in [-0.2, -0.15) is 5.10 Å². The summed E-state index contributed by atoms with van der Waals surface area (Å²) in [6.07, 6.45) is 10.9. The zero-order chi connectivity index (χ0) is 37.5. The van der Waals surface area contributed by atoms with Gasteiger partial charge in [-0.15, -0.1) is 0 Å². The smallest absolute Gasteiger partial charge is 0.319 e. The van der Waals surface area contributed by atoms with Gasteiger partial charge in [0.1, 0.15) is 12.1 Å². The van der Waals surface area contributed by atoms with Crippen molar-refractivity contribution in [3.63, 3.8) is 0 Å². The Bertz CT molecular complexity index is 1710. The predicted octanol–water partition coefficient (Wildman–Crippen LogP) is 4.27. The van der Waals surface area contributed by atoms with Crippen LogP contribution in [0.2, 0.25) is 0 Å². The summed E-state index contributed by atoms with van der Waals surface area (Å²) >= 11 is 0. The van der Waals surface area contributed by atoms with Gasteiger partial charge in [0.25, 0.3) is 0 Å². The van der Waals surface area contributed by atoms with E-state index in [0.29, 0.717) is 62.4 Å². The lowest BCUT2D eigenvalue weighted by Gasteiger charge is -2.33. The molecule has 2 aliphatic rings. The molecule has 5 rings (SSSR count). The number of amides is 2. The summed E-state index contributed by atoms with van der Waals surface area (Å²) in [5.41, 5.74) is 4.63. The lowest BCUT2D eigenvalue weighted by Crippen LogP contribution is -2.40. The molecule has 0 bridgehead atoms. The number of ketones is 1. The summed E-state index contributed by atoms with van der Waals surface area (Å²) in [6, 6.07) is 11.9. The first-order chi connectivity index (χ1) is 25.1. The summed E-state index contributed by atoms with van der Waals surface area (Å²) in [5, 5.41) is 23.2. The number of hydrogen-bond acceptors (Lipinski definition) is 10. The van der Waals surface area contributed by atoms with Crippen LogP contribution in [0, 0.1) is 17.2 Å². The van der Waals surface area contributed by atoms with E-state index in [1.54, 1.807) is 7.05 Å². The molecule has 52 heavy (non-hydrogen) atoms. The lowest BCUT2D eigenvalue weighted by atomic mass is 9.84. The van der Waals surface area contributed by atoms with Gasteiger partial charge in [0.15, 0.2) is 0 Å². The zero-order valence-corrected chi connectivity index (χ0v) is 30.7. The number of rotatable bonds is 15. The number of nitrogens with one attached hydrogen (secondary N) is 4. The van der Waals surface area contributed by atoms with E-state index >= 15 is 0 Å². The fraction of sp³-hybridized carbons (Fsp3) is 0.513. The van der Waals surface area contributed by atoms with E-state index in [4.69, 9.17) is 0 Å². The number of aromatic nitrogens is 2. The van der Waals surface area contributed by atoms with Crippen LogP contribution < -0.4 is 16.0 Å². The first-order valence-electron chi connectivity index (χ1n) is 18.2. The number of nitrogens with zero attached hydrogens (tertiary/aromatic N) is 3. The third-order valence-electron chi connectivity index (χ3n) is 9.88. The number of piperidine rings is 1. The van der Waals surface area contributed by atoms with Gasteiger partial charge in [0, 0.05) is 67.7 Å². The number of ether oxygens (including phenoxy) is 1. The normalized spacial score (nSPS) is 14.9. The Labute approximate surface area is 305 Å². The maximum Gasteiger partial charge on any atom is 0.319 e. The molecule has 3 aromatic rings. The fourth-order valence-corrected chi connectivity index (χ4v) is 6.99. The molecule has 1 aromatic heterocycles. The Hall–Kier alpha value is -4.91. The first kappa shape index (κ1) is 39.9. The highest BCUT2D eigenvalue weighted by Gasteiger charge is 2.29. The molecule has 2 amide bonds. The predicted molar refractivity (Wildman–Crippen MR) is 201 cm³/mol. The number of anilines is 1. The molecule has 13 nitrogen and oxygen atoms in total. The molecule has 2 aromatic carbocycles. The maximum absolute atomic E-state index is 13.0. The van der Waals surface area contributed by atoms with E-state index in [0.717, 1.165) is 40.4 Å². The number of benzene rings is 2. The Morgan fingerprint density at radius 3 is 2.42 bits per heavy atom. The Morgan fingerprint density at radius 2 is 1.75 bits per heavy atom. The summed E-state index contributed by atoms with van der Waals surface area (Å²) in [6.45, 7) is 1.28. The van der Waals surface area contributed by atoms with Crippen molar-refractivity contribution < 1.29 is 28.7 Å². The number of likely N-dealkylation sites (N-methyl/N-ethyl adjacent to an activating group) is 1. The largest absolute Gasteiger partial charge is 0.468 e. The summed E-state index contributed by atoms with van der Waals surface area (Å²) in [4.78, 5) is 60.5. The molecule has 1 saturated carbocycles. The average molecular weight is 716 g/mol. The highest BCUT2D eigenvalue weighted by atomic mass is 16.5. The number of likely N-dealkylation sites (tertiary alicyclic amines) is 1. The highest BCUT2D eigenvalue weighted by Crippen LogP contribution is 2.35. The van der Waals surface area contributed by atoms with E-state index in [-0.39, 0.29) is 55.5 Å². The second-order valence-electron chi connectivity index (χ2n) is 13.5. The van der Waals surface area contributed by atoms with Gasteiger partial charge in [-0.05, 0) is 49.1 Å². The quantitative estimate of drug-likeness (QED) is 0.102. The van der Waals surface area contributed by atoms with Gasteiger partial charge in [0.05, 0.1) is 38.5 Å². The first-order valence-corrected chi connectivity index (χ1v) is 18.2. The molecule has 1 aliphatic carbocycles. The molecule has 280 valence electrons. The second-order valence-corrected chi connectivity index (χ2v) is 13.5. The molecule has 2 heterocycles. The van der Waals surface area contributed by atoms with Crippen LogP contribution in [0.15, 0.2) is 42.6 Å². The fourth-order valence-electron chi connectivity index (χ4n) is 6.99. The van der Waals surface area contributed by atoms with Gasteiger partial charge in [-0.25, -0.2) is 0 Å². The van der Waals surface area contributed by atoms with Crippen molar-refractivity contribution in [1.82, 2.24) is 25.3 Å². The van der Waals surface area contributed by atoms with Crippen LogP contribution in [-0.4, -0.2) is 97.1 Å². The van der Waals surface area contributed by atoms with Crippen molar-refractivity contribution >= 4 is 52.2 Å². The summed E-state index contributed by atoms with van der Waals surface area (Å²) in [5.74, 6) is 0.0845. The average Bonchev–Trinajstić information content (AvgIpc) is 3.55. The van der Waals surface area contributed by atoms with Gasteiger partial charge < -0.3 is 35.8 Å². The lowest BCUT2D eigenvalue weighted by molar-refractivity contribution is -0.139. The van der Waals surface area contributed by atoms with E-state index in [2.05, 4.69) is 31.9 Å². The van der Waals surface area contributed by atoms with Gasteiger partial charge in [0.2, 0.25) is 11.8 Å². The van der Waals surface area contributed by atoms with Gasteiger partial charge in [-0.3, -0.25) is 23.9 Å². The minimum atomic E-state index is -0.315. The minimum absolute atomic E-state index is 0.0190. The zero-order valence-electron chi connectivity index (χ0n) is 30.7. The third kappa shape index (κ3) is 11.3. The van der Waals surface area contributed by atoms with Gasteiger partial charge >= 0.3 is 5.97 Å². The number of aryl methyl sites for hydroxylation is 1. The van der Waals surface area contributed by atoms with E-state index in [1.807, 2.05) is 53.2 Å². The van der Waals surface area contributed by atoms with Crippen molar-refractivity contribution in [2.75, 3.05) is 52.2 Å². The highest BCUT2D eigenvalue weighted by molar-refractivity contribution is 6.10. The van der Waals surface area contributed by atoms with Crippen LogP contribution in [0.25, 0.3) is 22.0 Å². The van der Waals surface area contributed by atoms with Crippen LogP contribution in [0.4, 0.5) is 5.69 Å². The van der Waals surface area contributed by atoms with Crippen LogP contribution in [0.3, 0.4) is 0 Å². The molecule has 4 N–H and O–H groups in total. The number of fused-ring (bicyclic) bond motifs is 1. The molecular weight excluding hydrogens is 662 g/mol. The van der Waals surface area contributed by atoms with Crippen molar-refractivity contribution in [1.29, 1.82) is 5.41 Å². The Kier molecular flexibility index (Phi) is 15.5. The van der Waals surface area contributed by atoms with E-state index in [1.165, 1.54) is 26.4 Å². The van der Waals surface area contributed by atoms with Crippen molar-refractivity contribution in [2.24, 2.45) is 18.9 Å². The molecule has 2 fully saturated rings. The summed E-state index contributed by atoms with van der Waals surface area (Å²) < 4.78 is 6.11. The maximum atomic E-state index is 13.0. The molecule has 0 unspecified atom stereocenters. The van der Waals surface area contributed by atoms with E-state index in [9.17, 15) is 29.4 Å². The Balaban J connectivity index is 0.000000785. The molecule has 1 saturated heterocycles. The van der Waals surface area contributed by atoms with Crippen LogP contribution in [0.1, 0.15) is 69.8 Å². The molecule has 1 aliphatic heterocycles. The molecule has 0 radical (unpaired) electrons. The third-order valence-corrected chi connectivity index (χ3v) is 9.88. The standard InChI is InChI=1S/C35H44N6O4.C4H9NO2/c1-40-31-21-26(10-11-27(31)22-39-40)29-8-5-9-30(38-23-32(44)37-16-19-42)34(29)35(36)25-14-17-41(18-15-25)33(45)13-12-28(43)20-24-6-3-2-4-7-24;1-5-3-4(6)7-2/h5,8-11,19,21-22,24-25,36,38H,2-4,6-7,12-18,20,23H2,1H3,(H,37,44);5H,3H2,1-2H3. The SMILES string of the molecule is CNCC(=O)OC.Cn1ncc2ccc(-c3cccc(NCC(=O)NCC=O)c3C(=N)C3CCN(C(=O)CCC(=O)CC4CCCCC4)CC3)cc21. The molecular formula is C39H53N7O6. The second kappa shape index (κ2) is 20.2.